The normalized spacial score (nSPS) is 16.9. The first kappa shape index (κ1) is 35.8. The van der Waals surface area contributed by atoms with E-state index in [2.05, 4.69) is 38.9 Å². The number of aliphatic carboxylic acids is 1. The number of hydrogen-bond donors (Lipinski definition) is 3. The predicted octanol–water partition coefficient (Wildman–Crippen LogP) is 5.93. The third-order valence-corrected chi connectivity index (χ3v) is 9.08. The van der Waals surface area contributed by atoms with Crippen LogP contribution >= 0.6 is 0 Å². The second kappa shape index (κ2) is 14.6. The SMILES string of the molecule is CC1(C)CN(c2ccc(-n3cc(-c4cc(F)cc(NS(=O)N5CCCC5)c4F)c(-c4ccncc4)n3)c(F)c2)CCN1.O=C(O)C(F)(F)F. The monoisotopic (exact) mass is 709 g/mol. The minimum absolute atomic E-state index is 0.0888. The minimum Gasteiger partial charge on any atom is -0.475 e. The maximum Gasteiger partial charge on any atom is 0.490 e. The third-order valence-electron chi connectivity index (χ3n) is 7.85. The van der Waals surface area contributed by atoms with E-state index in [0.717, 1.165) is 50.3 Å². The summed E-state index contributed by atoms with van der Waals surface area (Å²) in [6.07, 6.45) is 1.32. The van der Waals surface area contributed by atoms with Crippen LogP contribution in [-0.2, 0) is 16.0 Å². The van der Waals surface area contributed by atoms with Crippen LogP contribution in [0.2, 0.25) is 0 Å². The molecule has 3 N–H and O–H groups in total. The number of hydrogen-bond acceptors (Lipinski definition) is 6. The summed E-state index contributed by atoms with van der Waals surface area (Å²) in [7, 11) is 0. The second-order valence-electron chi connectivity index (χ2n) is 12.0. The van der Waals surface area contributed by atoms with Crippen molar-refractivity contribution in [3.63, 3.8) is 0 Å². The van der Waals surface area contributed by atoms with Gasteiger partial charge in [0.2, 0.25) is 0 Å². The fourth-order valence-electron chi connectivity index (χ4n) is 5.53. The van der Waals surface area contributed by atoms with Gasteiger partial charge >= 0.3 is 12.1 Å². The molecule has 2 aromatic carbocycles. The van der Waals surface area contributed by atoms with Crippen molar-refractivity contribution in [2.24, 2.45) is 0 Å². The second-order valence-corrected chi connectivity index (χ2v) is 13.3. The van der Waals surface area contributed by atoms with Crippen LogP contribution in [0.15, 0.2) is 61.1 Å². The quantitative estimate of drug-likeness (QED) is 0.204. The van der Waals surface area contributed by atoms with E-state index in [0.29, 0.717) is 24.3 Å². The summed E-state index contributed by atoms with van der Waals surface area (Å²) in [5.74, 6) is -4.75. The molecule has 1 atom stereocenters. The zero-order valence-electron chi connectivity index (χ0n) is 26.4. The number of piperazine rings is 1. The Morgan fingerprint density at radius 2 is 1.67 bits per heavy atom. The van der Waals surface area contributed by atoms with Crippen molar-refractivity contribution < 1.29 is 40.5 Å². The zero-order chi connectivity index (χ0) is 35.5. The van der Waals surface area contributed by atoms with E-state index >= 15 is 8.78 Å². The van der Waals surface area contributed by atoms with Crippen LogP contribution in [0.3, 0.4) is 0 Å². The summed E-state index contributed by atoms with van der Waals surface area (Å²) in [6.45, 7) is 7.69. The Balaban J connectivity index is 0.000000606. The Labute approximate surface area is 280 Å². The first-order valence-electron chi connectivity index (χ1n) is 15.2. The zero-order valence-corrected chi connectivity index (χ0v) is 27.2. The number of carboxylic acids is 1. The number of nitrogens with one attached hydrogen (secondary N) is 2. The number of anilines is 2. The summed E-state index contributed by atoms with van der Waals surface area (Å²) < 4.78 is 96.7. The average molecular weight is 710 g/mol. The maximum absolute atomic E-state index is 16.0. The van der Waals surface area contributed by atoms with E-state index in [1.807, 2.05) is 6.07 Å². The molecular formula is C32H33F6N7O3S. The molecule has 2 aromatic heterocycles. The number of rotatable bonds is 7. The molecule has 0 radical (unpaired) electrons. The van der Waals surface area contributed by atoms with Crippen LogP contribution < -0.4 is 14.9 Å². The van der Waals surface area contributed by atoms with Crippen molar-refractivity contribution in [3.8, 4) is 28.1 Å². The van der Waals surface area contributed by atoms with E-state index in [1.54, 1.807) is 34.9 Å². The van der Waals surface area contributed by atoms with Crippen LogP contribution in [-0.4, -0.2) is 78.8 Å². The van der Waals surface area contributed by atoms with E-state index in [9.17, 15) is 21.8 Å². The maximum atomic E-state index is 16.0. The fourth-order valence-corrected chi connectivity index (χ4v) is 6.59. The molecule has 0 bridgehead atoms. The molecule has 0 aliphatic carbocycles. The van der Waals surface area contributed by atoms with E-state index < -0.39 is 40.8 Å². The standard InChI is InChI=1S/C30H32F3N7OS.C2HF3O2/c1-30(2)19-38(14-11-35-30)22-5-6-27(25(32)17-22)40-18-24(29(36-40)20-7-9-34-10-8-20)23-15-21(31)16-26(28(23)33)37-42(41)39-12-3-4-13-39;3-2(4,5)1(6)7/h5-10,15-18,35,37H,3-4,11-14,19H2,1-2H3;(H,6,7). The number of pyridine rings is 1. The van der Waals surface area contributed by atoms with Gasteiger partial charge < -0.3 is 15.3 Å². The van der Waals surface area contributed by atoms with Gasteiger partial charge in [-0.2, -0.15) is 18.3 Å². The van der Waals surface area contributed by atoms with Crippen molar-refractivity contribution in [3.05, 3.63) is 78.5 Å². The molecule has 49 heavy (non-hydrogen) atoms. The van der Waals surface area contributed by atoms with Gasteiger partial charge in [-0.15, -0.1) is 0 Å². The molecule has 6 rings (SSSR count). The van der Waals surface area contributed by atoms with Crippen molar-refractivity contribution in [1.29, 1.82) is 0 Å². The highest BCUT2D eigenvalue weighted by molar-refractivity contribution is 7.84. The molecule has 1 unspecified atom stereocenters. The van der Waals surface area contributed by atoms with Gasteiger partial charge in [-0.25, -0.2) is 31.2 Å². The summed E-state index contributed by atoms with van der Waals surface area (Å²) in [4.78, 5) is 15.1. The summed E-state index contributed by atoms with van der Waals surface area (Å²) in [5.41, 5.74) is 1.67. The molecule has 4 aromatic rings. The Bertz CT molecular complexity index is 1830. The highest BCUT2D eigenvalue weighted by Crippen LogP contribution is 2.37. The molecule has 2 aliphatic rings. The molecule has 0 saturated carbocycles. The van der Waals surface area contributed by atoms with Gasteiger partial charge in [0.15, 0.2) is 22.8 Å². The molecular weight excluding hydrogens is 676 g/mol. The molecule has 0 spiro atoms. The lowest BCUT2D eigenvalue weighted by atomic mass is 10.0. The van der Waals surface area contributed by atoms with Gasteiger partial charge in [0, 0.05) is 85.3 Å². The molecule has 10 nitrogen and oxygen atoms in total. The van der Waals surface area contributed by atoms with Crippen molar-refractivity contribution in [2.45, 2.75) is 38.4 Å². The molecule has 2 saturated heterocycles. The first-order valence-corrected chi connectivity index (χ1v) is 16.3. The van der Waals surface area contributed by atoms with Crippen LogP contribution in [0.4, 0.5) is 37.7 Å². The topological polar surface area (TPSA) is 116 Å². The molecule has 17 heteroatoms. The number of carboxylic acid groups (broad SMARTS) is 1. The summed E-state index contributed by atoms with van der Waals surface area (Å²) in [6, 6.07) is 10.4. The van der Waals surface area contributed by atoms with Gasteiger partial charge in [-0.1, -0.05) is 0 Å². The van der Waals surface area contributed by atoms with E-state index in [-0.39, 0.29) is 28.0 Å². The van der Waals surface area contributed by atoms with E-state index in [4.69, 9.17) is 9.90 Å². The third kappa shape index (κ3) is 8.58. The Morgan fingerprint density at radius 1 is 1.00 bits per heavy atom. The van der Waals surface area contributed by atoms with Crippen LogP contribution in [0, 0.1) is 17.5 Å². The smallest absolute Gasteiger partial charge is 0.475 e. The lowest BCUT2D eigenvalue weighted by molar-refractivity contribution is -0.192. The van der Waals surface area contributed by atoms with Gasteiger partial charge in [0.1, 0.15) is 17.2 Å². The lowest BCUT2D eigenvalue weighted by Gasteiger charge is -2.40. The van der Waals surface area contributed by atoms with E-state index in [1.165, 1.54) is 16.9 Å². The first-order chi connectivity index (χ1) is 23.1. The van der Waals surface area contributed by atoms with Gasteiger partial charge in [0.25, 0.3) is 0 Å². The highest BCUT2D eigenvalue weighted by Gasteiger charge is 2.38. The van der Waals surface area contributed by atoms with Gasteiger partial charge in [-0.3, -0.25) is 9.71 Å². The van der Waals surface area contributed by atoms with Crippen molar-refractivity contribution in [1.82, 2.24) is 24.4 Å². The summed E-state index contributed by atoms with van der Waals surface area (Å²) in [5, 5.41) is 15.2. The molecule has 0 amide bonds. The lowest BCUT2D eigenvalue weighted by Crippen LogP contribution is -2.57. The molecule has 2 fully saturated rings. The summed E-state index contributed by atoms with van der Waals surface area (Å²) >= 11 is -1.72. The van der Waals surface area contributed by atoms with Gasteiger partial charge in [0.05, 0.1) is 5.69 Å². The number of carbonyl (C=O) groups is 1. The number of nitrogens with zero attached hydrogens (tertiary/aromatic N) is 5. The highest BCUT2D eigenvalue weighted by atomic mass is 32.2. The number of aromatic nitrogens is 3. The van der Waals surface area contributed by atoms with Crippen LogP contribution in [0.5, 0.6) is 0 Å². The number of halogens is 6. The fraction of sp³-hybridized carbons (Fsp3) is 0.344. The molecule has 4 heterocycles. The Kier molecular flexibility index (Phi) is 10.6. The number of alkyl halides is 3. The van der Waals surface area contributed by atoms with Crippen LogP contribution in [0.25, 0.3) is 28.1 Å². The minimum atomic E-state index is -5.08. The van der Waals surface area contributed by atoms with Crippen molar-refractivity contribution >= 4 is 28.5 Å². The Hall–Kier alpha value is -4.48. The predicted molar refractivity (Wildman–Crippen MR) is 173 cm³/mol. The Morgan fingerprint density at radius 3 is 2.29 bits per heavy atom. The van der Waals surface area contributed by atoms with Gasteiger partial charge in [-0.05, 0) is 63.1 Å². The number of benzene rings is 2. The molecule has 2 aliphatic heterocycles. The van der Waals surface area contributed by atoms with Crippen LogP contribution in [0.1, 0.15) is 26.7 Å². The molecule has 262 valence electrons. The largest absolute Gasteiger partial charge is 0.490 e. The van der Waals surface area contributed by atoms with Crippen molar-refractivity contribution in [2.75, 3.05) is 42.3 Å². The average Bonchev–Trinajstić information content (AvgIpc) is 3.74.